The van der Waals surface area contributed by atoms with E-state index in [-0.39, 0.29) is 5.91 Å². The van der Waals surface area contributed by atoms with Crippen LogP contribution in [0.1, 0.15) is 61.3 Å². The Morgan fingerprint density at radius 1 is 1.22 bits per heavy atom. The van der Waals surface area contributed by atoms with Crippen molar-refractivity contribution in [2.45, 2.75) is 52.5 Å². The minimum absolute atomic E-state index is 0.123. The Morgan fingerprint density at radius 2 is 2.04 bits per heavy atom. The number of unbranched alkanes of at least 4 members (excludes halogenated alkanes) is 2. The summed E-state index contributed by atoms with van der Waals surface area (Å²) < 4.78 is 7.41. The highest BCUT2D eigenvalue weighted by Gasteiger charge is 2.12. The maximum atomic E-state index is 12.4. The summed E-state index contributed by atoms with van der Waals surface area (Å²) in [5, 5.41) is 7.25. The number of rotatable bonds is 9. The molecule has 0 aliphatic carbocycles. The zero-order valence-electron chi connectivity index (χ0n) is 16.5. The molecule has 0 saturated heterocycles. The monoisotopic (exact) mass is 367 g/mol. The second-order valence-corrected chi connectivity index (χ2v) is 6.38. The van der Waals surface area contributed by atoms with Crippen molar-refractivity contribution in [1.82, 2.24) is 15.1 Å². The Bertz CT molecular complexity index is 799. The molecule has 1 amide bonds. The van der Waals surface area contributed by atoms with Crippen molar-refractivity contribution in [2.24, 2.45) is 7.05 Å². The molecule has 0 radical (unpaired) electrons. The van der Waals surface area contributed by atoms with Crippen LogP contribution >= 0.6 is 0 Å². The fourth-order valence-electron chi connectivity index (χ4n) is 2.58. The number of nitrogens with one attached hydrogen (secondary N) is 1. The molecule has 0 fully saturated rings. The molecule has 0 bridgehead atoms. The third-order valence-corrected chi connectivity index (χ3v) is 4.09. The van der Waals surface area contributed by atoms with Gasteiger partial charge in [-0.2, -0.15) is 5.10 Å². The number of benzene rings is 1. The molecule has 1 aromatic heterocycles. The Hall–Kier alpha value is -2.74. The SMILES string of the molecule is CCCC#CCCCOc1cccc(CNC(=O)c2cc(CC)nn2C)c1. The van der Waals surface area contributed by atoms with Crippen molar-refractivity contribution in [2.75, 3.05) is 6.61 Å². The highest BCUT2D eigenvalue weighted by molar-refractivity contribution is 5.92. The second kappa shape index (κ2) is 11.1. The molecule has 2 rings (SSSR count). The predicted octanol–water partition coefficient (Wildman–Crippen LogP) is 3.88. The van der Waals surface area contributed by atoms with E-state index < -0.39 is 0 Å². The van der Waals surface area contributed by atoms with E-state index in [0.717, 1.165) is 49.1 Å². The third-order valence-electron chi connectivity index (χ3n) is 4.09. The van der Waals surface area contributed by atoms with Crippen LogP contribution in [0.15, 0.2) is 30.3 Å². The van der Waals surface area contributed by atoms with E-state index >= 15 is 0 Å². The number of ether oxygens (including phenoxy) is 1. The van der Waals surface area contributed by atoms with Gasteiger partial charge in [-0.3, -0.25) is 9.48 Å². The lowest BCUT2D eigenvalue weighted by Crippen LogP contribution is -2.25. The molecule has 0 aliphatic heterocycles. The van der Waals surface area contributed by atoms with Crippen molar-refractivity contribution in [3.63, 3.8) is 0 Å². The molecule has 0 unspecified atom stereocenters. The molecule has 144 valence electrons. The molecule has 5 heteroatoms. The van der Waals surface area contributed by atoms with E-state index in [2.05, 4.69) is 29.2 Å². The molecule has 5 nitrogen and oxygen atoms in total. The summed E-state index contributed by atoms with van der Waals surface area (Å²) in [6.07, 6.45) is 4.66. The van der Waals surface area contributed by atoms with Gasteiger partial charge in [0.15, 0.2) is 0 Å². The number of amides is 1. The predicted molar refractivity (Wildman–Crippen MR) is 108 cm³/mol. The van der Waals surface area contributed by atoms with Gasteiger partial charge < -0.3 is 10.1 Å². The lowest BCUT2D eigenvalue weighted by molar-refractivity contribution is 0.0941. The molecule has 0 atom stereocenters. The molecule has 0 spiro atoms. The highest BCUT2D eigenvalue weighted by atomic mass is 16.5. The number of carbonyl (C=O) groups is 1. The van der Waals surface area contributed by atoms with Gasteiger partial charge >= 0.3 is 0 Å². The van der Waals surface area contributed by atoms with Crippen LogP contribution in [-0.2, 0) is 20.0 Å². The summed E-state index contributed by atoms with van der Waals surface area (Å²) in [4.78, 5) is 12.4. The van der Waals surface area contributed by atoms with Gasteiger partial charge in [-0.05, 0) is 43.0 Å². The van der Waals surface area contributed by atoms with Crippen LogP contribution < -0.4 is 10.1 Å². The number of carbonyl (C=O) groups excluding carboxylic acids is 1. The third kappa shape index (κ3) is 6.82. The highest BCUT2D eigenvalue weighted by Crippen LogP contribution is 2.14. The fourth-order valence-corrected chi connectivity index (χ4v) is 2.58. The summed E-state index contributed by atoms with van der Waals surface area (Å²) in [5.41, 5.74) is 2.49. The van der Waals surface area contributed by atoms with Crippen LogP contribution in [0.4, 0.5) is 0 Å². The molecular formula is C22H29N3O2. The van der Waals surface area contributed by atoms with Crippen molar-refractivity contribution in [1.29, 1.82) is 0 Å². The van der Waals surface area contributed by atoms with Crippen LogP contribution in [0, 0.1) is 11.8 Å². The number of aryl methyl sites for hydroxylation is 2. The van der Waals surface area contributed by atoms with E-state index in [1.165, 1.54) is 0 Å². The number of hydrogen-bond acceptors (Lipinski definition) is 3. The van der Waals surface area contributed by atoms with Gasteiger partial charge in [-0.25, -0.2) is 0 Å². The van der Waals surface area contributed by atoms with Crippen LogP contribution in [0.25, 0.3) is 0 Å². The molecule has 2 aromatic rings. The summed E-state index contributed by atoms with van der Waals surface area (Å²) in [5.74, 6) is 6.99. The van der Waals surface area contributed by atoms with Gasteiger partial charge in [-0.15, -0.1) is 11.8 Å². The quantitative estimate of drug-likeness (QED) is 0.541. The summed E-state index contributed by atoms with van der Waals surface area (Å²) in [6.45, 7) is 5.25. The van der Waals surface area contributed by atoms with E-state index in [4.69, 9.17) is 4.74 Å². The van der Waals surface area contributed by atoms with Crippen molar-refractivity contribution < 1.29 is 9.53 Å². The Morgan fingerprint density at radius 3 is 2.78 bits per heavy atom. The largest absolute Gasteiger partial charge is 0.494 e. The number of nitrogens with zero attached hydrogens (tertiary/aromatic N) is 2. The number of aromatic nitrogens is 2. The Kier molecular flexibility index (Phi) is 8.44. The molecule has 1 heterocycles. The zero-order chi connectivity index (χ0) is 19.5. The standard InChI is InChI=1S/C22H29N3O2/c1-4-6-7-8-9-10-14-27-20-13-11-12-18(15-20)17-23-22(26)21-16-19(5-2)24-25(21)3/h11-13,15-16H,4-6,9-10,14,17H2,1-3H3,(H,23,26). The lowest BCUT2D eigenvalue weighted by atomic mass is 10.2. The second-order valence-electron chi connectivity index (χ2n) is 6.38. The smallest absolute Gasteiger partial charge is 0.269 e. The van der Waals surface area contributed by atoms with E-state index in [1.54, 1.807) is 11.7 Å². The van der Waals surface area contributed by atoms with E-state index in [1.807, 2.05) is 37.3 Å². The summed E-state index contributed by atoms with van der Waals surface area (Å²) >= 11 is 0. The average molecular weight is 367 g/mol. The van der Waals surface area contributed by atoms with Gasteiger partial charge in [0.25, 0.3) is 5.91 Å². The van der Waals surface area contributed by atoms with E-state index in [9.17, 15) is 4.79 Å². The number of hydrogen-bond donors (Lipinski definition) is 1. The van der Waals surface area contributed by atoms with E-state index in [0.29, 0.717) is 18.8 Å². The minimum atomic E-state index is -0.123. The van der Waals surface area contributed by atoms with Crippen molar-refractivity contribution in [3.8, 4) is 17.6 Å². The maximum Gasteiger partial charge on any atom is 0.269 e. The van der Waals surface area contributed by atoms with Gasteiger partial charge in [0.1, 0.15) is 11.4 Å². The first kappa shape index (κ1) is 20.6. The van der Waals surface area contributed by atoms with Crippen molar-refractivity contribution >= 4 is 5.91 Å². The first-order valence-corrected chi connectivity index (χ1v) is 9.62. The topological polar surface area (TPSA) is 56.1 Å². The van der Waals surface area contributed by atoms with Gasteiger partial charge in [0.2, 0.25) is 0 Å². The van der Waals surface area contributed by atoms with Crippen LogP contribution in [0.3, 0.4) is 0 Å². The molecule has 0 aliphatic rings. The van der Waals surface area contributed by atoms with Crippen LogP contribution in [-0.4, -0.2) is 22.3 Å². The molecule has 27 heavy (non-hydrogen) atoms. The molecular weight excluding hydrogens is 338 g/mol. The van der Waals surface area contributed by atoms with Gasteiger partial charge in [0.05, 0.1) is 12.3 Å². The molecule has 1 N–H and O–H groups in total. The normalized spacial score (nSPS) is 10.2. The lowest BCUT2D eigenvalue weighted by Gasteiger charge is -2.09. The summed E-state index contributed by atoms with van der Waals surface area (Å²) in [6, 6.07) is 9.64. The molecule has 1 aromatic carbocycles. The van der Waals surface area contributed by atoms with Gasteiger partial charge in [-0.1, -0.05) is 26.0 Å². The Balaban J connectivity index is 1.80. The van der Waals surface area contributed by atoms with Crippen LogP contribution in [0.2, 0.25) is 0 Å². The Labute approximate surface area is 162 Å². The fraction of sp³-hybridized carbons (Fsp3) is 0.455. The average Bonchev–Trinajstić information content (AvgIpc) is 3.07. The van der Waals surface area contributed by atoms with Crippen LogP contribution in [0.5, 0.6) is 5.75 Å². The minimum Gasteiger partial charge on any atom is -0.494 e. The first-order valence-electron chi connectivity index (χ1n) is 9.62. The van der Waals surface area contributed by atoms with Crippen molar-refractivity contribution in [3.05, 3.63) is 47.3 Å². The zero-order valence-corrected chi connectivity index (χ0v) is 16.5. The summed E-state index contributed by atoms with van der Waals surface area (Å²) in [7, 11) is 1.79. The molecule has 0 saturated carbocycles. The maximum absolute atomic E-state index is 12.4. The first-order chi connectivity index (χ1) is 13.1. The van der Waals surface area contributed by atoms with Gasteiger partial charge in [0, 0.05) is 26.4 Å².